The molecule has 0 radical (unpaired) electrons. The van der Waals surface area contributed by atoms with E-state index in [1.165, 1.54) is 14.0 Å². The molecule has 0 unspecified atom stereocenters. The van der Waals surface area contributed by atoms with E-state index in [2.05, 4.69) is 20.9 Å². The lowest BCUT2D eigenvalue weighted by molar-refractivity contribution is -0.123. The van der Waals surface area contributed by atoms with Gasteiger partial charge in [-0.3, -0.25) is 9.59 Å². The molecular weight excluding hydrogens is 350 g/mol. The van der Waals surface area contributed by atoms with Crippen LogP contribution in [-0.4, -0.2) is 56.0 Å². The number of hydrogen-bond acceptors (Lipinski definition) is 5. The Labute approximate surface area is 158 Å². The summed E-state index contributed by atoms with van der Waals surface area (Å²) in [5.74, 6) is -0.101. The molecule has 0 spiro atoms. The van der Waals surface area contributed by atoms with Gasteiger partial charge in [0, 0.05) is 32.2 Å². The first kappa shape index (κ1) is 20.5. The molecule has 1 fully saturated rings. The largest absolute Gasteiger partial charge is 0.495 e. The summed E-state index contributed by atoms with van der Waals surface area (Å²) in [6, 6.07) is 4.60. The number of piperidine rings is 1. The standard InChI is InChI=1S/C18H27N5O4/c1-12(24)21-14-5-6-16(27-2)15(10-14)22-18(26)20-7-9-23-8-3-4-13(11-23)17(19)25/h5-6,10,13H,3-4,7-9,11H2,1-2H3,(H2,19,25)(H,21,24)(H2,20,22,26)/t13-/m1/s1. The average molecular weight is 377 g/mol. The van der Waals surface area contributed by atoms with Gasteiger partial charge in [0.05, 0.1) is 18.7 Å². The van der Waals surface area contributed by atoms with Crippen molar-refractivity contribution in [3.63, 3.8) is 0 Å². The van der Waals surface area contributed by atoms with Gasteiger partial charge < -0.3 is 31.3 Å². The minimum Gasteiger partial charge on any atom is -0.495 e. The summed E-state index contributed by atoms with van der Waals surface area (Å²) in [7, 11) is 1.50. The molecule has 1 aliphatic rings. The quantitative estimate of drug-likeness (QED) is 0.563. The van der Waals surface area contributed by atoms with E-state index in [4.69, 9.17) is 10.5 Å². The number of methoxy groups -OCH3 is 1. The van der Waals surface area contributed by atoms with E-state index >= 15 is 0 Å². The Bertz CT molecular complexity index is 694. The first-order valence-electron chi connectivity index (χ1n) is 8.91. The van der Waals surface area contributed by atoms with Gasteiger partial charge in [-0.1, -0.05) is 0 Å². The molecule has 5 N–H and O–H groups in total. The van der Waals surface area contributed by atoms with Gasteiger partial charge in [0.25, 0.3) is 0 Å². The number of primary amides is 1. The maximum Gasteiger partial charge on any atom is 0.319 e. The molecular formula is C18H27N5O4. The van der Waals surface area contributed by atoms with E-state index in [0.29, 0.717) is 36.8 Å². The zero-order valence-electron chi connectivity index (χ0n) is 15.7. The van der Waals surface area contributed by atoms with Crippen molar-refractivity contribution in [3.05, 3.63) is 18.2 Å². The number of ether oxygens (including phenoxy) is 1. The molecule has 1 atom stereocenters. The van der Waals surface area contributed by atoms with E-state index in [-0.39, 0.29) is 23.8 Å². The van der Waals surface area contributed by atoms with Gasteiger partial charge in [0.15, 0.2) is 0 Å². The Kier molecular flexibility index (Phi) is 7.42. The Morgan fingerprint density at radius 2 is 2.07 bits per heavy atom. The number of nitrogens with zero attached hydrogens (tertiary/aromatic N) is 1. The van der Waals surface area contributed by atoms with Crippen LogP contribution in [0.25, 0.3) is 0 Å². The van der Waals surface area contributed by atoms with Gasteiger partial charge in [0.2, 0.25) is 11.8 Å². The van der Waals surface area contributed by atoms with Crippen molar-refractivity contribution in [1.82, 2.24) is 10.2 Å². The summed E-state index contributed by atoms with van der Waals surface area (Å²) in [5.41, 5.74) is 6.39. The lowest BCUT2D eigenvalue weighted by Gasteiger charge is -2.31. The number of urea groups is 1. The first-order valence-corrected chi connectivity index (χ1v) is 8.91. The fourth-order valence-corrected chi connectivity index (χ4v) is 3.07. The van der Waals surface area contributed by atoms with Gasteiger partial charge in [-0.05, 0) is 37.6 Å². The predicted molar refractivity (Wildman–Crippen MR) is 103 cm³/mol. The van der Waals surface area contributed by atoms with Crippen molar-refractivity contribution >= 4 is 29.2 Å². The highest BCUT2D eigenvalue weighted by Gasteiger charge is 2.23. The maximum atomic E-state index is 12.2. The van der Waals surface area contributed by atoms with Crippen molar-refractivity contribution in [1.29, 1.82) is 0 Å². The van der Waals surface area contributed by atoms with Crippen molar-refractivity contribution in [2.24, 2.45) is 11.7 Å². The van der Waals surface area contributed by atoms with E-state index < -0.39 is 0 Å². The Balaban J connectivity index is 1.84. The molecule has 0 saturated carbocycles. The van der Waals surface area contributed by atoms with Gasteiger partial charge in [-0.25, -0.2) is 4.79 Å². The van der Waals surface area contributed by atoms with Crippen LogP contribution in [-0.2, 0) is 9.59 Å². The van der Waals surface area contributed by atoms with E-state index in [0.717, 1.165) is 19.4 Å². The van der Waals surface area contributed by atoms with Crippen LogP contribution in [0.2, 0.25) is 0 Å². The molecule has 0 bridgehead atoms. The summed E-state index contributed by atoms with van der Waals surface area (Å²) >= 11 is 0. The molecule has 1 aromatic carbocycles. The van der Waals surface area contributed by atoms with E-state index in [9.17, 15) is 14.4 Å². The number of amides is 4. The van der Waals surface area contributed by atoms with Gasteiger partial charge >= 0.3 is 6.03 Å². The lowest BCUT2D eigenvalue weighted by Crippen LogP contribution is -2.44. The molecule has 27 heavy (non-hydrogen) atoms. The minimum atomic E-state index is -0.378. The number of likely N-dealkylation sites (tertiary alicyclic amines) is 1. The van der Waals surface area contributed by atoms with Gasteiger partial charge in [0.1, 0.15) is 5.75 Å². The van der Waals surface area contributed by atoms with Gasteiger partial charge in [-0.15, -0.1) is 0 Å². The van der Waals surface area contributed by atoms with Crippen LogP contribution in [0, 0.1) is 5.92 Å². The second-order valence-electron chi connectivity index (χ2n) is 6.52. The fourth-order valence-electron chi connectivity index (χ4n) is 3.07. The fraction of sp³-hybridized carbons (Fsp3) is 0.500. The van der Waals surface area contributed by atoms with Gasteiger partial charge in [-0.2, -0.15) is 0 Å². The third kappa shape index (κ3) is 6.45. The van der Waals surface area contributed by atoms with Crippen LogP contribution in [0.15, 0.2) is 18.2 Å². The highest BCUT2D eigenvalue weighted by atomic mass is 16.5. The summed E-state index contributed by atoms with van der Waals surface area (Å²) < 4.78 is 5.23. The second-order valence-corrected chi connectivity index (χ2v) is 6.52. The third-order valence-corrected chi connectivity index (χ3v) is 4.39. The molecule has 0 aromatic heterocycles. The first-order chi connectivity index (χ1) is 12.9. The average Bonchev–Trinajstić information content (AvgIpc) is 2.61. The molecule has 148 valence electrons. The Morgan fingerprint density at radius 3 is 2.74 bits per heavy atom. The Morgan fingerprint density at radius 1 is 1.30 bits per heavy atom. The maximum absolute atomic E-state index is 12.2. The second kappa shape index (κ2) is 9.77. The van der Waals surface area contributed by atoms with Crippen LogP contribution in [0.1, 0.15) is 19.8 Å². The van der Waals surface area contributed by atoms with Crippen LogP contribution in [0.3, 0.4) is 0 Å². The van der Waals surface area contributed by atoms with Crippen LogP contribution in [0.5, 0.6) is 5.75 Å². The number of benzene rings is 1. The molecule has 1 aliphatic heterocycles. The predicted octanol–water partition coefficient (Wildman–Crippen LogP) is 0.972. The molecule has 0 aliphatic carbocycles. The van der Waals surface area contributed by atoms with Crippen molar-refractivity contribution in [2.75, 3.05) is 43.9 Å². The monoisotopic (exact) mass is 377 g/mol. The molecule has 4 amide bonds. The summed E-state index contributed by atoms with van der Waals surface area (Å²) in [6.07, 6.45) is 1.75. The number of hydrogen-bond donors (Lipinski definition) is 4. The summed E-state index contributed by atoms with van der Waals surface area (Å²) in [4.78, 5) is 36.8. The zero-order valence-corrected chi connectivity index (χ0v) is 15.7. The highest BCUT2D eigenvalue weighted by Crippen LogP contribution is 2.27. The minimum absolute atomic E-state index is 0.117. The van der Waals surface area contributed by atoms with Crippen molar-refractivity contribution < 1.29 is 19.1 Å². The lowest BCUT2D eigenvalue weighted by atomic mass is 9.97. The molecule has 1 saturated heterocycles. The number of nitrogens with two attached hydrogens (primary N) is 1. The molecule has 2 rings (SSSR count). The van der Waals surface area contributed by atoms with Crippen molar-refractivity contribution in [3.8, 4) is 5.75 Å². The molecule has 9 heteroatoms. The van der Waals surface area contributed by atoms with E-state index in [1.54, 1.807) is 18.2 Å². The number of carbonyl (C=O) groups is 3. The van der Waals surface area contributed by atoms with E-state index in [1.807, 2.05) is 0 Å². The molecule has 1 heterocycles. The highest BCUT2D eigenvalue weighted by molar-refractivity contribution is 5.94. The van der Waals surface area contributed by atoms with Crippen LogP contribution >= 0.6 is 0 Å². The number of rotatable bonds is 7. The van der Waals surface area contributed by atoms with Crippen LogP contribution in [0.4, 0.5) is 16.2 Å². The molecule has 9 nitrogen and oxygen atoms in total. The van der Waals surface area contributed by atoms with Crippen molar-refractivity contribution in [2.45, 2.75) is 19.8 Å². The topological polar surface area (TPSA) is 126 Å². The van der Waals surface area contributed by atoms with Crippen LogP contribution < -0.4 is 26.4 Å². The molecule has 1 aromatic rings. The smallest absolute Gasteiger partial charge is 0.319 e. The zero-order chi connectivity index (χ0) is 19.8. The number of anilines is 2. The number of nitrogens with one attached hydrogen (secondary N) is 3. The summed E-state index contributed by atoms with van der Waals surface area (Å²) in [6.45, 7) is 4.00. The SMILES string of the molecule is COc1ccc(NC(C)=O)cc1NC(=O)NCCN1CCC[C@@H](C(N)=O)C1. The number of carbonyl (C=O) groups excluding carboxylic acids is 3. The summed E-state index contributed by atoms with van der Waals surface area (Å²) in [5, 5.41) is 8.16. The third-order valence-electron chi connectivity index (χ3n) is 4.39. The Hall–Kier alpha value is -2.81. The normalized spacial score (nSPS) is 17.0.